The predicted octanol–water partition coefficient (Wildman–Crippen LogP) is 2.67. The van der Waals surface area contributed by atoms with Gasteiger partial charge in [0.1, 0.15) is 0 Å². The van der Waals surface area contributed by atoms with Crippen LogP contribution >= 0.6 is 11.6 Å². The normalized spacial score (nSPS) is 10.6. The van der Waals surface area contributed by atoms with E-state index in [2.05, 4.69) is 10.1 Å². The molecular formula is C10H12ClF2NO2. The highest BCUT2D eigenvalue weighted by atomic mass is 35.5. The lowest BCUT2D eigenvalue weighted by atomic mass is 10.2. The molecule has 90 valence electrons. The van der Waals surface area contributed by atoms with E-state index in [1.165, 1.54) is 7.11 Å². The molecule has 0 saturated carbocycles. The van der Waals surface area contributed by atoms with Crippen molar-refractivity contribution < 1.29 is 18.3 Å². The Labute approximate surface area is 97.3 Å². The number of hydrogen-bond donors (Lipinski definition) is 1. The van der Waals surface area contributed by atoms with E-state index >= 15 is 0 Å². The van der Waals surface area contributed by atoms with Crippen LogP contribution in [0, 0.1) is 0 Å². The topological polar surface area (TPSA) is 30.5 Å². The number of alkyl halides is 2. The van der Waals surface area contributed by atoms with Crippen molar-refractivity contribution in [3.63, 3.8) is 0 Å². The molecule has 6 heteroatoms. The predicted molar refractivity (Wildman–Crippen MR) is 57.4 cm³/mol. The number of benzene rings is 1. The molecule has 0 aliphatic rings. The molecule has 0 bridgehead atoms. The Kier molecular flexibility index (Phi) is 4.76. The third-order valence-electron chi connectivity index (χ3n) is 1.88. The van der Waals surface area contributed by atoms with Crippen molar-refractivity contribution >= 4 is 11.6 Å². The van der Waals surface area contributed by atoms with Crippen LogP contribution in [0.5, 0.6) is 11.5 Å². The fourth-order valence-corrected chi connectivity index (χ4v) is 1.56. The Morgan fingerprint density at radius 3 is 2.62 bits per heavy atom. The van der Waals surface area contributed by atoms with Crippen molar-refractivity contribution in [1.29, 1.82) is 0 Å². The number of rotatable bonds is 5. The molecule has 3 nitrogen and oxygen atoms in total. The summed E-state index contributed by atoms with van der Waals surface area (Å²) in [6.45, 7) is -2.37. The van der Waals surface area contributed by atoms with Crippen molar-refractivity contribution in [1.82, 2.24) is 5.32 Å². The van der Waals surface area contributed by atoms with Gasteiger partial charge in [-0.15, -0.1) is 0 Å². The van der Waals surface area contributed by atoms with Gasteiger partial charge in [-0.25, -0.2) is 0 Å². The molecule has 0 aliphatic heterocycles. The maximum atomic E-state index is 12.1. The van der Waals surface area contributed by atoms with Gasteiger partial charge in [-0.3, -0.25) is 0 Å². The Bertz CT molecular complexity index is 361. The van der Waals surface area contributed by atoms with Crippen LogP contribution in [0.3, 0.4) is 0 Å². The van der Waals surface area contributed by atoms with Crippen LogP contribution in [-0.2, 0) is 6.54 Å². The van der Waals surface area contributed by atoms with Crippen molar-refractivity contribution in [2.24, 2.45) is 0 Å². The summed E-state index contributed by atoms with van der Waals surface area (Å²) in [6, 6.07) is 3.15. The number of hydrogen-bond acceptors (Lipinski definition) is 3. The third kappa shape index (κ3) is 3.21. The summed E-state index contributed by atoms with van der Waals surface area (Å²) in [7, 11) is 3.14. The molecule has 0 amide bonds. The van der Waals surface area contributed by atoms with Gasteiger partial charge in [-0.2, -0.15) is 8.78 Å². The molecule has 0 saturated heterocycles. The van der Waals surface area contributed by atoms with Crippen LogP contribution in [0.15, 0.2) is 12.1 Å². The van der Waals surface area contributed by atoms with Gasteiger partial charge in [0, 0.05) is 6.54 Å². The number of ether oxygens (including phenoxy) is 2. The molecule has 1 aromatic rings. The second-order valence-electron chi connectivity index (χ2n) is 3.02. The summed E-state index contributed by atoms with van der Waals surface area (Å²) in [5.74, 6) is 0.0528. The van der Waals surface area contributed by atoms with Crippen molar-refractivity contribution in [2.45, 2.75) is 13.2 Å². The minimum atomic E-state index is -2.93. The van der Waals surface area contributed by atoms with E-state index in [1.807, 2.05) is 0 Å². The molecule has 1 rings (SSSR count). The Balaban J connectivity index is 3.07. The van der Waals surface area contributed by atoms with Crippen molar-refractivity contribution in [3.05, 3.63) is 22.7 Å². The van der Waals surface area contributed by atoms with Gasteiger partial charge in [0.2, 0.25) is 0 Å². The lowest BCUT2D eigenvalue weighted by Gasteiger charge is -2.13. The van der Waals surface area contributed by atoms with Gasteiger partial charge >= 0.3 is 6.61 Å². The minimum absolute atomic E-state index is 0.102. The molecule has 1 aromatic carbocycles. The molecule has 0 radical (unpaired) electrons. The fourth-order valence-electron chi connectivity index (χ4n) is 1.28. The van der Waals surface area contributed by atoms with Gasteiger partial charge in [0.15, 0.2) is 11.5 Å². The van der Waals surface area contributed by atoms with Gasteiger partial charge in [-0.1, -0.05) is 11.6 Å². The molecule has 1 N–H and O–H groups in total. The lowest BCUT2D eigenvalue weighted by Crippen LogP contribution is -2.07. The number of nitrogens with one attached hydrogen (secondary N) is 1. The fraction of sp³-hybridized carbons (Fsp3) is 0.400. The summed E-state index contributed by atoms with van der Waals surface area (Å²) in [5, 5.41) is 3.02. The molecule has 0 spiro atoms. The third-order valence-corrected chi connectivity index (χ3v) is 2.16. The van der Waals surface area contributed by atoms with Crippen LogP contribution in [0.25, 0.3) is 0 Å². The minimum Gasteiger partial charge on any atom is -0.493 e. The summed E-state index contributed by atoms with van der Waals surface area (Å²) in [4.78, 5) is 0. The van der Waals surface area contributed by atoms with Gasteiger partial charge in [0.05, 0.1) is 12.1 Å². The van der Waals surface area contributed by atoms with E-state index in [0.717, 1.165) is 5.56 Å². The molecule has 0 aliphatic carbocycles. The maximum Gasteiger partial charge on any atom is 0.387 e. The zero-order chi connectivity index (χ0) is 12.1. The number of halogens is 3. The highest BCUT2D eigenvalue weighted by Crippen LogP contribution is 2.37. The molecule has 0 aromatic heterocycles. The van der Waals surface area contributed by atoms with Gasteiger partial charge in [-0.05, 0) is 24.7 Å². The average molecular weight is 252 g/mol. The molecule has 0 fully saturated rings. The van der Waals surface area contributed by atoms with Crippen molar-refractivity contribution in [3.8, 4) is 11.5 Å². The first-order chi connectivity index (χ1) is 7.58. The van der Waals surface area contributed by atoms with Crippen LogP contribution in [-0.4, -0.2) is 20.8 Å². The Morgan fingerprint density at radius 2 is 2.12 bits per heavy atom. The van der Waals surface area contributed by atoms with Crippen LogP contribution in [0.2, 0.25) is 5.02 Å². The van der Waals surface area contributed by atoms with E-state index < -0.39 is 6.61 Å². The van der Waals surface area contributed by atoms with E-state index in [-0.39, 0.29) is 16.5 Å². The zero-order valence-electron chi connectivity index (χ0n) is 8.89. The second kappa shape index (κ2) is 5.86. The van der Waals surface area contributed by atoms with Crippen molar-refractivity contribution in [2.75, 3.05) is 14.2 Å². The SMILES string of the molecule is CNCc1cc(Cl)c(OC(F)F)c(OC)c1. The highest BCUT2D eigenvalue weighted by Gasteiger charge is 2.15. The molecular weight excluding hydrogens is 240 g/mol. The van der Waals surface area contributed by atoms with E-state index in [1.54, 1.807) is 19.2 Å². The molecule has 0 unspecified atom stereocenters. The quantitative estimate of drug-likeness (QED) is 0.873. The average Bonchev–Trinajstić information content (AvgIpc) is 2.21. The second-order valence-corrected chi connectivity index (χ2v) is 3.43. The monoisotopic (exact) mass is 251 g/mol. The zero-order valence-corrected chi connectivity index (χ0v) is 9.65. The highest BCUT2D eigenvalue weighted by molar-refractivity contribution is 6.32. The lowest BCUT2D eigenvalue weighted by molar-refractivity contribution is -0.0511. The standard InChI is InChI=1S/C10H12ClF2NO2/c1-14-5-6-3-7(11)9(16-10(12)13)8(4-6)15-2/h3-4,10,14H,5H2,1-2H3. The molecule has 0 atom stereocenters. The van der Waals surface area contributed by atoms with Crippen LogP contribution in [0.4, 0.5) is 8.78 Å². The number of methoxy groups -OCH3 is 1. The van der Waals surface area contributed by atoms with Gasteiger partial charge in [0.25, 0.3) is 0 Å². The summed E-state index contributed by atoms with van der Waals surface area (Å²) >= 11 is 5.83. The van der Waals surface area contributed by atoms with Crippen LogP contribution in [0.1, 0.15) is 5.56 Å². The van der Waals surface area contributed by atoms with Crippen LogP contribution < -0.4 is 14.8 Å². The van der Waals surface area contributed by atoms with E-state index in [9.17, 15) is 8.78 Å². The molecule has 0 heterocycles. The first kappa shape index (κ1) is 13.0. The summed E-state index contributed by atoms with van der Waals surface area (Å²) in [5.41, 5.74) is 0.825. The first-order valence-corrected chi connectivity index (χ1v) is 4.92. The largest absolute Gasteiger partial charge is 0.493 e. The summed E-state index contributed by atoms with van der Waals surface area (Å²) < 4.78 is 33.5. The van der Waals surface area contributed by atoms with E-state index in [4.69, 9.17) is 16.3 Å². The molecule has 16 heavy (non-hydrogen) atoms. The first-order valence-electron chi connectivity index (χ1n) is 4.54. The smallest absolute Gasteiger partial charge is 0.387 e. The van der Waals surface area contributed by atoms with E-state index in [0.29, 0.717) is 6.54 Å². The maximum absolute atomic E-state index is 12.1. The Hall–Kier alpha value is -1.07. The van der Waals surface area contributed by atoms with Gasteiger partial charge < -0.3 is 14.8 Å². The Morgan fingerprint density at radius 1 is 1.44 bits per heavy atom. The summed E-state index contributed by atoms with van der Waals surface area (Å²) in [6.07, 6.45) is 0.